The van der Waals surface area contributed by atoms with E-state index in [9.17, 15) is 0 Å². The Balaban J connectivity index is 3.96. The first-order chi connectivity index (χ1) is 9.67. The molecular formula is C20H40. The smallest absolute Gasteiger partial charge is 0.0295 e. The molecule has 0 aromatic carbocycles. The first-order valence-electron chi connectivity index (χ1n) is 9.34. The summed E-state index contributed by atoms with van der Waals surface area (Å²) in [6.45, 7) is 13.6. The fraction of sp³-hybridized carbons (Fsp3) is 0.900. The van der Waals surface area contributed by atoms with Crippen molar-refractivity contribution in [2.75, 3.05) is 0 Å². The van der Waals surface area contributed by atoms with E-state index in [1.54, 1.807) is 0 Å². The van der Waals surface area contributed by atoms with Crippen LogP contribution in [-0.4, -0.2) is 0 Å². The van der Waals surface area contributed by atoms with E-state index in [0.29, 0.717) is 0 Å². The highest BCUT2D eigenvalue weighted by atomic mass is 14.2. The summed E-state index contributed by atoms with van der Waals surface area (Å²) in [5.41, 5.74) is 1.52. The van der Waals surface area contributed by atoms with Crippen LogP contribution >= 0.6 is 0 Å². The highest BCUT2D eigenvalue weighted by molar-refractivity contribution is 4.96. The average molecular weight is 281 g/mol. The lowest BCUT2D eigenvalue weighted by molar-refractivity contribution is 0.390. The van der Waals surface area contributed by atoms with Gasteiger partial charge in [-0.05, 0) is 31.1 Å². The Morgan fingerprint density at radius 3 is 1.85 bits per heavy atom. The lowest BCUT2D eigenvalue weighted by Gasteiger charge is -2.19. The summed E-state index contributed by atoms with van der Waals surface area (Å²) in [4.78, 5) is 0. The summed E-state index contributed by atoms with van der Waals surface area (Å²) in [5, 5.41) is 0. The predicted octanol–water partition coefficient (Wildman–Crippen LogP) is 7.54. The Bertz CT molecular complexity index is 216. The van der Waals surface area contributed by atoms with Crippen molar-refractivity contribution in [2.45, 2.75) is 105 Å². The molecule has 0 spiro atoms. The maximum atomic E-state index is 4.36. The second kappa shape index (κ2) is 13.7. The molecule has 0 nitrogen and oxygen atoms in total. The van der Waals surface area contributed by atoms with Crippen LogP contribution in [0.5, 0.6) is 0 Å². The van der Waals surface area contributed by atoms with Crippen LogP contribution in [0.4, 0.5) is 0 Å². The Hall–Kier alpha value is -0.260. The normalized spacial score (nSPS) is 14.2. The highest BCUT2D eigenvalue weighted by Crippen LogP contribution is 2.27. The van der Waals surface area contributed by atoms with Gasteiger partial charge in [0.2, 0.25) is 0 Å². The second-order valence-electron chi connectivity index (χ2n) is 6.71. The van der Waals surface area contributed by atoms with Crippen molar-refractivity contribution >= 4 is 0 Å². The zero-order chi connectivity index (χ0) is 15.2. The Morgan fingerprint density at radius 1 is 0.750 bits per heavy atom. The Labute approximate surface area is 129 Å². The molecule has 0 aromatic heterocycles. The van der Waals surface area contributed by atoms with Gasteiger partial charge in [-0.1, -0.05) is 97.6 Å². The minimum atomic E-state index is 0.891. The molecule has 0 heterocycles. The summed E-state index contributed by atoms with van der Waals surface area (Å²) < 4.78 is 0. The van der Waals surface area contributed by atoms with Crippen molar-refractivity contribution in [3.05, 3.63) is 12.2 Å². The molecule has 2 unspecified atom stereocenters. The van der Waals surface area contributed by atoms with Gasteiger partial charge in [0, 0.05) is 0 Å². The maximum absolute atomic E-state index is 4.36. The first-order valence-corrected chi connectivity index (χ1v) is 9.34. The fourth-order valence-corrected chi connectivity index (χ4v) is 3.20. The molecule has 0 aliphatic rings. The van der Waals surface area contributed by atoms with Gasteiger partial charge in [0.15, 0.2) is 0 Å². The van der Waals surface area contributed by atoms with Gasteiger partial charge in [0.1, 0.15) is 0 Å². The molecule has 0 heteroatoms. The van der Waals surface area contributed by atoms with Gasteiger partial charge in [0.05, 0.1) is 0 Å². The Morgan fingerprint density at radius 2 is 1.35 bits per heavy atom. The summed E-state index contributed by atoms with van der Waals surface area (Å²) in [6, 6.07) is 0. The number of rotatable bonds is 14. The molecule has 0 aromatic rings. The van der Waals surface area contributed by atoms with Gasteiger partial charge < -0.3 is 0 Å². The molecule has 2 atom stereocenters. The second-order valence-corrected chi connectivity index (χ2v) is 6.71. The summed E-state index contributed by atoms with van der Waals surface area (Å²) >= 11 is 0. The molecule has 0 radical (unpaired) electrons. The van der Waals surface area contributed by atoms with Gasteiger partial charge in [-0.3, -0.25) is 0 Å². The van der Waals surface area contributed by atoms with E-state index in [0.717, 1.165) is 11.8 Å². The maximum Gasteiger partial charge on any atom is -0.0295 e. The van der Waals surface area contributed by atoms with Gasteiger partial charge >= 0.3 is 0 Å². The third-order valence-electron chi connectivity index (χ3n) is 4.69. The van der Waals surface area contributed by atoms with Crippen LogP contribution in [-0.2, 0) is 0 Å². The molecule has 0 amide bonds. The molecule has 0 aliphatic heterocycles. The van der Waals surface area contributed by atoms with E-state index in [-0.39, 0.29) is 0 Å². The van der Waals surface area contributed by atoms with Crippen molar-refractivity contribution in [3.63, 3.8) is 0 Å². The van der Waals surface area contributed by atoms with Crippen molar-refractivity contribution < 1.29 is 0 Å². The molecule has 0 bridgehead atoms. The third kappa shape index (κ3) is 10.5. The standard InChI is InChI=1S/C20H40/c1-6-10-13-19(9-4)17-18(5)15-16-20(12-8-3)14-11-7-2/h19-20H,5-17H2,1-4H3. The number of unbranched alkanes of at least 4 members (excludes halogenated alkanes) is 2. The summed E-state index contributed by atoms with van der Waals surface area (Å²) in [7, 11) is 0. The van der Waals surface area contributed by atoms with E-state index in [1.807, 2.05) is 0 Å². The molecule has 0 rings (SSSR count). The number of hydrogen-bond donors (Lipinski definition) is 0. The zero-order valence-electron chi connectivity index (χ0n) is 14.8. The molecule has 20 heavy (non-hydrogen) atoms. The van der Waals surface area contributed by atoms with E-state index in [2.05, 4.69) is 34.3 Å². The van der Waals surface area contributed by atoms with Crippen LogP contribution in [0.3, 0.4) is 0 Å². The van der Waals surface area contributed by atoms with Crippen LogP contribution in [0.1, 0.15) is 105 Å². The van der Waals surface area contributed by atoms with Crippen LogP contribution < -0.4 is 0 Å². The largest absolute Gasteiger partial charge is 0.0999 e. The fourth-order valence-electron chi connectivity index (χ4n) is 3.20. The molecule has 0 fully saturated rings. The lowest BCUT2D eigenvalue weighted by atomic mass is 9.87. The molecule has 0 aliphatic carbocycles. The third-order valence-corrected chi connectivity index (χ3v) is 4.69. The van der Waals surface area contributed by atoms with E-state index in [4.69, 9.17) is 0 Å². The van der Waals surface area contributed by atoms with Gasteiger partial charge in [-0.15, -0.1) is 0 Å². The number of hydrogen-bond acceptors (Lipinski definition) is 0. The van der Waals surface area contributed by atoms with Gasteiger partial charge in [-0.2, -0.15) is 0 Å². The molecular weight excluding hydrogens is 240 g/mol. The Kier molecular flexibility index (Phi) is 13.5. The van der Waals surface area contributed by atoms with Crippen molar-refractivity contribution in [1.29, 1.82) is 0 Å². The first kappa shape index (κ1) is 19.7. The highest BCUT2D eigenvalue weighted by Gasteiger charge is 2.11. The molecule has 0 N–H and O–H groups in total. The molecule has 120 valence electrons. The SMILES string of the molecule is C=C(CCC(CCC)CCCC)CC(CC)CCCC. The van der Waals surface area contributed by atoms with Crippen molar-refractivity contribution in [3.8, 4) is 0 Å². The van der Waals surface area contributed by atoms with E-state index < -0.39 is 0 Å². The van der Waals surface area contributed by atoms with Crippen molar-refractivity contribution in [1.82, 2.24) is 0 Å². The van der Waals surface area contributed by atoms with Gasteiger partial charge in [-0.25, -0.2) is 0 Å². The quantitative estimate of drug-likeness (QED) is 0.288. The van der Waals surface area contributed by atoms with Gasteiger partial charge in [0.25, 0.3) is 0 Å². The summed E-state index contributed by atoms with van der Waals surface area (Å²) in [6.07, 6.45) is 16.3. The summed E-state index contributed by atoms with van der Waals surface area (Å²) in [5.74, 6) is 1.84. The van der Waals surface area contributed by atoms with E-state index in [1.165, 1.54) is 82.6 Å². The predicted molar refractivity (Wildman–Crippen MR) is 94.2 cm³/mol. The monoisotopic (exact) mass is 280 g/mol. The van der Waals surface area contributed by atoms with Crippen LogP contribution in [0.2, 0.25) is 0 Å². The number of allylic oxidation sites excluding steroid dienone is 1. The van der Waals surface area contributed by atoms with Crippen LogP contribution in [0.15, 0.2) is 12.2 Å². The van der Waals surface area contributed by atoms with Crippen molar-refractivity contribution in [2.24, 2.45) is 11.8 Å². The molecule has 0 saturated heterocycles. The lowest BCUT2D eigenvalue weighted by Crippen LogP contribution is -2.04. The minimum Gasteiger partial charge on any atom is -0.0999 e. The zero-order valence-corrected chi connectivity index (χ0v) is 14.8. The van der Waals surface area contributed by atoms with E-state index >= 15 is 0 Å². The topological polar surface area (TPSA) is 0 Å². The average Bonchev–Trinajstić information content (AvgIpc) is 2.46. The molecule has 0 saturated carbocycles. The minimum absolute atomic E-state index is 0.891. The van der Waals surface area contributed by atoms with Crippen LogP contribution in [0.25, 0.3) is 0 Å². The van der Waals surface area contributed by atoms with Crippen LogP contribution in [0, 0.1) is 11.8 Å².